The van der Waals surface area contributed by atoms with Gasteiger partial charge in [-0.15, -0.1) is 0 Å². The second kappa shape index (κ2) is 5.30. The van der Waals surface area contributed by atoms with E-state index in [0.717, 1.165) is 17.3 Å². The largest absolute Gasteiger partial charge is 0.324 e. The van der Waals surface area contributed by atoms with Crippen molar-refractivity contribution < 1.29 is 4.39 Å². The van der Waals surface area contributed by atoms with Crippen molar-refractivity contribution in [3.05, 3.63) is 34.1 Å². The van der Waals surface area contributed by atoms with E-state index in [2.05, 4.69) is 29.8 Å². The van der Waals surface area contributed by atoms with Crippen LogP contribution < -0.4 is 5.73 Å². The van der Waals surface area contributed by atoms with Crippen molar-refractivity contribution in [2.45, 2.75) is 45.6 Å². The second-order valence-electron chi connectivity index (χ2n) is 6.19. The molecule has 1 aliphatic rings. The summed E-state index contributed by atoms with van der Waals surface area (Å²) in [5.41, 5.74) is 7.34. The summed E-state index contributed by atoms with van der Waals surface area (Å²) in [6.07, 6.45) is 4.56. The first-order chi connectivity index (χ1) is 8.39. The summed E-state index contributed by atoms with van der Waals surface area (Å²) >= 11 is 3.38. The van der Waals surface area contributed by atoms with Crippen LogP contribution in [0.2, 0.25) is 0 Å². The van der Waals surface area contributed by atoms with E-state index >= 15 is 0 Å². The molecule has 1 fully saturated rings. The molecule has 1 aliphatic carbocycles. The zero-order valence-electron chi connectivity index (χ0n) is 11.0. The van der Waals surface area contributed by atoms with Gasteiger partial charge in [-0.2, -0.15) is 0 Å². The fourth-order valence-corrected chi connectivity index (χ4v) is 3.18. The molecular weight excluding hydrogens is 293 g/mol. The van der Waals surface area contributed by atoms with Crippen LogP contribution in [0.1, 0.15) is 51.1 Å². The molecule has 1 nitrogen and oxygen atoms in total. The van der Waals surface area contributed by atoms with Gasteiger partial charge in [-0.25, -0.2) is 4.39 Å². The number of benzene rings is 1. The topological polar surface area (TPSA) is 26.0 Å². The molecule has 0 spiro atoms. The Labute approximate surface area is 117 Å². The maximum atomic E-state index is 13.8. The van der Waals surface area contributed by atoms with Crippen molar-refractivity contribution in [3.63, 3.8) is 0 Å². The molecule has 0 heterocycles. The van der Waals surface area contributed by atoms with Crippen LogP contribution in [-0.4, -0.2) is 0 Å². The van der Waals surface area contributed by atoms with Crippen molar-refractivity contribution >= 4 is 15.9 Å². The van der Waals surface area contributed by atoms with Crippen LogP contribution in [0.5, 0.6) is 0 Å². The van der Waals surface area contributed by atoms with Gasteiger partial charge in [0.25, 0.3) is 0 Å². The third kappa shape index (κ3) is 3.12. The summed E-state index contributed by atoms with van der Waals surface area (Å²) < 4.78 is 14.7. The highest BCUT2D eigenvalue weighted by atomic mass is 79.9. The van der Waals surface area contributed by atoms with Crippen molar-refractivity contribution in [1.29, 1.82) is 0 Å². The molecule has 0 saturated heterocycles. The number of hydrogen-bond donors (Lipinski definition) is 1. The lowest BCUT2D eigenvalue weighted by Crippen LogP contribution is -2.29. The Morgan fingerprint density at radius 2 is 1.94 bits per heavy atom. The number of halogens is 2. The van der Waals surface area contributed by atoms with Crippen LogP contribution in [0.3, 0.4) is 0 Å². The molecule has 1 aromatic carbocycles. The minimum Gasteiger partial charge on any atom is -0.324 e. The molecule has 0 radical (unpaired) electrons. The summed E-state index contributed by atoms with van der Waals surface area (Å²) in [7, 11) is 0. The zero-order valence-corrected chi connectivity index (χ0v) is 12.6. The lowest BCUT2D eigenvalue weighted by molar-refractivity contribution is 0.172. The molecule has 0 amide bonds. The van der Waals surface area contributed by atoms with Gasteiger partial charge in [0.1, 0.15) is 5.82 Å². The summed E-state index contributed by atoms with van der Waals surface area (Å²) in [5, 5.41) is 0. The quantitative estimate of drug-likeness (QED) is 0.833. The molecule has 0 aliphatic heterocycles. The van der Waals surface area contributed by atoms with Crippen molar-refractivity contribution in [2.24, 2.45) is 17.1 Å². The highest BCUT2D eigenvalue weighted by Crippen LogP contribution is 2.42. The Balaban J connectivity index is 2.12. The maximum Gasteiger partial charge on any atom is 0.128 e. The normalized spacial score (nSPS) is 21.8. The van der Waals surface area contributed by atoms with E-state index in [1.165, 1.54) is 18.9 Å². The SMILES string of the molecule is CC1(C)CCC(C(N)c2cc(Br)ccc2F)CC1. The summed E-state index contributed by atoms with van der Waals surface area (Å²) in [5.74, 6) is 0.220. The second-order valence-corrected chi connectivity index (χ2v) is 7.11. The predicted octanol–water partition coefficient (Wildman–Crippen LogP) is 4.80. The van der Waals surface area contributed by atoms with Gasteiger partial charge in [-0.3, -0.25) is 0 Å². The van der Waals surface area contributed by atoms with Crippen LogP contribution in [0, 0.1) is 17.2 Å². The Bertz CT molecular complexity index is 421. The first-order valence-corrected chi connectivity index (χ1v) is 7.39. The van der Waals surface area contributed by atoms with Gasteiger partial charge < -0.3 is 5.73 Å². The van der Waals surface area contributed by atoms with E-state index in [0.29, 0.717) is 16.9 Å². The Hall–Kier alpha value is -0.410. The lowest BCUT2D eigenvalue weighted by Gasteiger charge is -2.37. The predicted molar refractivity (Wildman–Crippen MR) is 76.8 cm³/mol. The average molecular weight is 314 g/mol. The van der Waals surface area contributed by atoms with Gasteiger partial charge in [0.15, 0.2) is 0 Å². The van der Waals surface area contributed by atoms with Crippen molar-refractivity contribution in [2.75, 3.05) is 0 Å². The molecule has 1 saturated carbocycles. The van der Waals surface area contributed by atoms with Crippen LogP contribution in [0.25, 0.3) is 0 Å². The van der Waals surface area contributed by atoms with E-state index in [4.69, 9.17) is 5.73 Å². The molecule has 0 bridgehead atoms. The van der Waals surface area contributed by atoms with Gasteiger partial charge in [-0.05, 0) is 55.2 Å². The zero-order chi connectivity index (χ0) is 13.3. The van der Waals surface area contributed by atoms with E-state index in [-0.39, 0.29) is 11.9 Å². The number of hydrogen-bond acceptors (Lipinski definition) is 1. The molecule has 1 atom stereocenters. The minimum absolute atomic E-state index is 0.182. The minimum atomic E-state index is -0.185. The van der Waals surface area contributed by atoms with E-state index in [1.54, 1.807) is 6.07 Å². The van der Waals surface area contributed by atoms with Gasteiger partial charge in [0.05, 0.1) is 0 Å². The molecule has 18 heavy (non-hydrogen) atoms. The molecule has 1 aromatic rings. The Kier molecular flexibility index (Phi) is 4.12. The van der Waals surface area contributed by atoms with Gasteiger partial charge >= 0.3 is 0 Å². The van der Waals surface area contributed by atoms with Crippen LogP contribution in [-0.2, 0) is 0 Å². The van der Waals surface area contributed by atoms with Crippen LogP contribution in [0.15, 0.2) is 22.7 Å². The Morgan fingerprint density at radius 1 is 1.33 bits per heavy atom. The monoisotopic (exact) mass is 313 g/mol. The number of nitrogens with two attached hydrogens (primary N) is 1. The molecular formula is C15H21BrFN. The Morgan fingerprint density at radius 3 is 2.56 bits per heavy atom. The smallest absolute Gasteiger partial charge is 0.128 e. The first-order valence-electron chi connectivity index (χ1n) is 6.59. The van der Waals surface area contributed by atoms with E-state index in [1.807, 2.05) is 6.07 Å². The maximum absolute atomic E-state index is 13.8. The van der Waals surface area contributed by atoms with Crippen molar-refractivity contribution in [1.82, 2.24) is 0 Å². The highest BCUT2D eigenvalue weighted by Gasteiger charge is 2.31. The third-order valence-corrected chi connectivity index (χ3v) is 4.70. The fraction of sp³-hybridized carbons (Fsp3) is 0.600. The molecule has 2 N–H and O–H groups in total. The molecule has 0 aromatic heterocycles. The van der Waals surface area contributed by atoms with Crippen molar-refractivity contribution in [3.8, 4) is 0 Å². The fourth-order valence-electron chi connectivity index (χ4n) is 2.80. The van der Waals surface area contributed by atoms with Crippen LogP contribution in [0.4, 0.5) is 4.39 Å². The van der Waals surface area contributed by atoms with Crippen LogP contribution >= 0.6 is 15.9 Å². The molecule has 1 unspecified atom stereocenters. The van der Waals surface area contributed by atoms with E-state index < -0.39 is 0 Å². The molecule has 2 rings (SSSR count). The molecule has 100 valence electrons. The van der Waals surface area contributed by atoms with Gasteiger partial charge in [0, 0.05) is 16.1 Å². The lowest BCUT2D eigenvalue weighted by atomic mass is 9.70. The third-order valence-electron chi connectivity index (χ3n) is 4.21. The molecule has 3 heteroatoms. The average Bonchev–Trinajstić information content (AvgIpc) is 2.31. The summed E-state index contributed by atoms with van der Waals surface area (Å²) in [6.45, 7) is 4.60. The first kappa shape index (κ1) is 14.0. The van der Waals surface area contributed by atoms with E-state index in [9.17, 15) is 4.39 Å². The highest BCUT2D eigenvalue weighted by molar-refractivity contribution is 9.10. The number of rotatable bonds is 2. The summed E-state index contributed by atoms with van der Waals surface area (Å²) in [6, 6.07) is 4.85. The van der Waals surface area contributed by atoms with Gasteiger partial charge in [-0.1, -0.05) is 29.8 Å². The standard InChI is InChI=1S/C15H21BrFN/c1-15(2)7-5-10(6-8-15)14(18)12-9-11(16)3-4-13(12)17/h3-4,9-10,14H,5-8,18H2,1-2H3. The summed E-state index contributed by atoms with van der Waals surface area (Å²) in [4.78, 5) is 0. The van der Waals surface area contributed by atoms with Gasteiger partial charge in [0.2, 0.25) is 0 Å².